The Kier molecular flexibility index (Phi) is 5.82. The molecule has 0 atom stereocenters. The van der Waals surface area contributed by atoms with Crippen molar-refractivity contribution in [2.75, 3.05) is 0 Å². The van der Waals surface area contributed by atoms with Crippen LogP contribution >= 0.6 is 0 Å². The second-order valence-electron chi connectivity index (χ2n) is 6.64. The zero-order valence-corrected chi connectivity index (χ0v) is 15.4. The van der Waals surface area contributed by atoms with Gasteiger partial charge in [-0.3, -0.25) is 0 Å². The van der Waals surface area contributed by atoms with Crippen molar-refractivity contribution < 1.29 is 26.3 Å². The molecule has 0 unspecified atom stereocenters. The minimum Gasteiger partial charge on any atom is -0.207 e. The van der Waals surface area contributed by atoms with Crippen LogP contribution in [-0.4, -0.2) is 0 Å². The maximum atomic E-state index is 14.6. The van der Waals surface area contributed by atoms with E-state index in [0.29, 0.717) is 18.4 Å². The Bertz CT molecular complexity index is 1030. The Balaban J connectivity index is 2.10. The Morgan fingerprint density at radius 2 is 1.03 bits per heavy atom. The molecule has 0 aromatic heterocycles. The second kappa shape index (κ2) is 8.15. The van der Waals surface area contributed by atoms with Gasteiger partial charge in [0.2, 0.25) is 0 Å². The van der Waals surface area contributed by atoms with E-state index in [9.17, 15) is 26.3 Å². The highest BCUT2D eigenvalue weighted by molar-refractivity contribution is 5.73. The predicted molar refractivity (Wildman–Crippen MR) is 100 cm³/mol. The molecular formula is C23H16F6. The third-order valence-corrected chi connectivity index (χ3v) is 4.64. The number of hydrogen-bond acceptors (Lipinski definition) is 0. The minimum atomic E-state index is -1.20. The van der Waals surface area contributed by atoms with E-state index in [2.05, 4.69) is 6.58 Å². The Morgan fingerprint density at radius 1 is 0.655 bits per heavy atom. The van der Waals surface area contributed by atoms with Gasteiger partial charge in [-0.2, -0.15) is 0 Å². The van der Waals surface area contributed by atoms with Crippen LogP contribution < -0.4 is 0 Å². The molecule has 0 heterocycles. The number of halogens is 6. The molecule has 0 nitrogen and oxygen atoms in total. The molecule has 0 saturated carbocycles. The van der Waals surface area contributed by atoms with Gasteiger partial charge in [-0.15, -0.1) is 6.58 Å². The highest BCUT2D eigenvalue weighted by Crippen LogP contribution is 2.35. The van der Waals surface area contributed by atoms with E-state index >= 15 is 0 Å². The molecule has 0 bridgehead atoms. The molecule has 29 heavy (non-hydrogen) atoms. The summed E-state index contributed by atoms with van der Waals surface area (Å²) in [6.07, 6.45) is 2.48. The lowest BCUT2D eigenvalue weighted by Gasteiger charge is -2.12. The molecular weight excluding hydrogens is 390 g/mol. The van der Waals surface area contributed by atoms with E-state index in [1.807, 2.05) is 0 Å². The van der Waals surface area contributed by atoms with Crippen LogP contribution in [-0.2, 0) is 6.42 Å². The van der Waals surface area contributed by atoms with E-state index in [1.165, 1.54) is 6.92 Å². The third kappa shape index (κ3) is 4.06. The van der Waals surface area contributed by atoms with Gasteiger partial charge < -0.3 is 0 Å². The summed E-state index contributed by atoms with van der Waals surface area (Å²) in [5.41, 5.74) is -1.89. The van der Waals surface area contributed by atoms with E-state index in [0.717, 1.165) is 36.4 Å². The molecule has 0 N–H and O–H groups in total. The summed E-state index contributed by atoms with van der Waals surface area (Å²) < 4.78 is 85.7. The third-order valence-electron chi connectivity index (χ3n) is 4.64. The van der Waals surface area contributed by atoms with Crippen LogP contribution in [0.5, 0.6) is 0 Å². The van der Waals surface area contributed by atoms with Crippen molar-refractivity contribution in [2.24, 2.45) is 0 Å². The number of rotatable bonds is 5. The van der Waals surface area contributed by atoms with Crippen LogP contribution in [0.15, 0.2) is 49.1 Å². The van der Waals surface area contributed by atoms with E-state index in [-0.39, 0.29) is 16.7 Å². The summed E-state index contributed by atoms with van der Waals surface area (Å²) in [5, 5.41) is 0. The zero-order valence-electron chi connectivity index (χ0n) is 15.4. The smallest absolute Gasteiger partial charge is 0.134 e. The molecule has 0 aliphatic carbocycles. The molecule has 0 radical (unpaired) electrons. The van der Waals surface area contributed by atoms with Crippen LogP contribution in [0, 0.1) is 41.8 Å². The van der Waals surface area contributed by atoms with Crippen LogP contribution in [0.3, 0.4) is 0 Å². The molecule has 0 spiro atoms. The van der Waals surface area contributed by atoms with Crippen molar-refractivity contribution in [3.63, 3.8) is 0 Å². The lowest BCUT2D eigenvalue weighted by atomic mass is 9.96. The molecule has 3 rings (SSSR count). The zero-order chi connectivity index (χ0) is 21.3. The van der Waals surface area contributed by atoms with E-state index in [1.54, 1.807) is 6.08 Å². The monoisotopic (exact) mass is 406 g/mol. The topological polar surface area (TPSA) is 0 Å². The van der Waals surface area contributed by atoms with Gasteiger partial charge in [-0.25, -0.2) is 26.3 Å². The molecule has 0 saturated heterocycles. The first-order valence-electron chi connectivity index (χ1n) is 8.77. The molecule has 3 aromatic carbocycles. The molecule has 0 aliphatic heterocycles. The first kappa shape index (κ1) is 20.7. The SMILES string of the molecule is C=CCCc1cc(F)c(-c2cc(F)c(-c3cc(F)c(C)c(F)c3)c(F)c2)c(F)c1. The highest BCUT2D eigenvalue weighted by Gasteiger charge is 2.20. The molecule has 150 valence electrons. The van der Waals surface area contributed by atoms with Gasteiger partial charge in [0.15, 0.2) is 0 Å². The van der Waals surface area contributed by atoms with Gasteiger partial charge in [-0.1, -0.05) is 6.08 Å². The summed E-state index contributed by atoms with van der Waals surface area (Å²) in [6, 6.07) is 5.26. The fourth-order valence-electron chi connectivity index (χ4n) is 3.10. The van der Waals surface area contributed by atoms with Gasteiger partial charge in [0, 0.05) is 5.56 Å². The fraction of sp³-hybridized carbons (Fsp3) is 0.130. The second-order valence-corrected chi connectivity index (χ2v) is 6.64. The molecule has 6 heteroatoms. The minimum absolute atomic E-state index is 0.285. The molecule has 0 fully saturated rings. The maximum Gasteiger partial charge on any atom is 0.134 e. The van der Waals surface area contributed by atoms with Crippen molar-refractivity contribution >= 4 is 0 Å². The first-order chi connectivity index (χ1) is 13.7. The van der Waals surface area contributed by atoms with Crippen LogP contribution in [0.2, 0.25) is 0 Å². The van der Waals surface area contributed by atoms with Crippen molar-refractivity contribution in [1.82, 2.24) is 0 Å². The summed E-state index contributed by atoms with van der Waals surface area (Å²) in [4.78, 5) is 0. The van der Waals surface area contributed by atoms with E-state index in [4.69, 9.17) is 0 Å². The van der Waals surface area contributed by atoms with Gasteiger partial charge in [0.1, 0.15) is 34.9 Å². The van der Waals surface area contributed by atoms with Crippen molar-refractivity contribution in [1.29, 1.82) is 0 Å². The normalized spacial score (nSPS) is 11.0. The van der Waals surface area contributed by atoms with Crippen molar-refractivity contribution in [3.8, 4) is 22.3 Å². The molecule has 0 amide bonds. The van der Waals surface area contributed by atoms with E-state index < -0.39 is 46.0 Å². The lowest BCUT2D eigenvalue weighted by Crippen LogP contribution is -1.99. The van der Waals surface area contributed by atoms with Crippen molar-refractivity contribution in [2.45, 2.75) is 19.8 Å². The Hall–Kier alpha value is -3.02. The van der Waals surface area contributed by atoms with Crippen LogP contribution in [0.1, 0.15) is 17.5 Å². The standard InChI is InChI=1S/C23H16F6/c1-3-4-5-13-6-18(26)22(19(27)7-13)15-10-20(28)23(21(29)11-15)14-8-16(24)12(2)17(25)9-14/h3,6-11H,1,4-5H2,2H3. The quantitative estimate of drug-likeness (QED) is 0.308. The fourth-order valence-corrected chi connectivity index (χ4v) is 3.10. The number of hydrogen-bond donors (Lipinski definition) is 0. The summed E-state index contributed by atoms with van der Waals surface area (Å²) in [6.45, 7) is 4.73. The largest absolute Gasteiger partial charge is 0.207 e. The van der Waals surface area contributed by atoms with Crippen molar-refractivity contribution in [3.05, 3.63) is 95.1 Å². The van der Waals surface area contributed by atoms with Gasteiger partial charge in [-0.05, 0) is 72.9 Å². The number of allylic oxidation sites excluding steroid dienone is 1. The predicted octanol–water partition coefficient (Wildman–Crippen LogP) is 7.28. The summed E-state index contributed by atoms with van der Waals surface area (Å²) in [5.74, 6) is -6.26. The van der Waals surface area contributed by atoms with Gasteiger partial charge in [0.05, 0.1) is 11.1 Å². The Morgan fingerprint density at radius 3 is 1.45 bits per heavy atom. The highest BCUT2D eigenvalue weighted by atomic mass is 19.2. The van der Waals surface area contributed by atoms with Gasteiger partial charge in [0.25, 0.3) is 0 Å². The number of aryl methyl sites for hydroxylation is 1. The van der Waals surface area contributed by atoms with Crippen LogP contribution in [0.4, 0.5) is 26.3 Å². The average molecular weight is 406 g/mol. The molecule has 0 aliphatic rings. The van der Waals surface area contributed by atoms with Crippen LogP contribution in [0.25, 0.3) is 22.3 Å². The maximum absolute atomic E-state index is 14.6. The lowest BCUT2D eigenvalue weighted by molar-refractivity contribution is 0.566. The average Bonchev–Trinajstić information content (AvgIpc) is 2.63. The van der Waals surface area contributed by atoms with Gasteiger partial charge >= 0.3 is 0 Å². The Labute approximate surface area is 164 Å². The summed E-state index contributed by atoms with van der Waals surface area (Å²) in [7, 11) is 0. The summed E-state index contributed by atoms with van der Waals surface area (Å²) >= 11 is 0. The molecule has 3 aromatic rings. The first-order valence-corrected chi connectivity index (χ1v) is 8.77. The number of benzene rings is 3.